The molecule has 1 aromatic carbocycles. The normalized spacial score (nSPS) is 13.0. The van der Waals surface area contributed by atoms with Gasteiger partial charge in [0, 0.05) is 0 Å². The fraction of sp³-hybridized carbons (Fsp3) is 0.538. The first-order valence-electron chi connectivity index (χ1n) is 5.15. The Bertz CT molecular complexity index is 356. The second-order valence-corrected chi connectivity index (χ2v) is 5.06. The molecule has 0 amide bonds. The lowest BCUT2D eigenvalue weighted by molar-refractivity contribution is 0.0775. The minimum atomic E-state index is -1.37. The Balaban J connectivity index is 3.30. The lowest BCUT2D eigenvalue weighted by Gasteiger charge is -2.23. The number of benzene rings is 1. The fourth-order valence-electron chi connectivity index (χ4n) is 1.65. The molecule has 0 fully saturated rings. The van der Waals surface area contributed by atoms with Crippen molar-refractivity contribution < 1.29 is 9.50 Å². The Kier molecular flexibility index (Phi) is 2.92. The summed E-state index contributed by atoms with van der Waals surface area (Å²) in [7, 11) is 0. The quantitative estimate of drug-likeness (QED) is 0.793. The summed E-state index contributed by atoms with van der Waals surface area (Å²) in [5.74, 6) is 0. The molecule has 1 N–H and O–H groups in total. The lowest BCUT2D eigenvalue weighted by atomic mass is 9.88. The molecule has 0 saturated carbocycles. The van der Waals surface area contributed by atoms with Crippen LogP contribution in [0.5, 0.6) is 0 Å². The van der Waals surface area contributed by atoms with Gasteiger partial charge in [-0.25, -0.2) is 4.39 Å². The van der Waals surface area contributed by atoms with Gasteiger partial charge < -0.3 is 5.11 Å². The summed E-state index contributed by atoms with van der Waals surface area (Å²) in [6.07, 6.45) is 0. The first kappa shape index (κ1) is 12.2. The predicted molar refractivity (Wildman–Crippen MR) is 60.6 cm³/mol. The first-order chi connectivity index (χ1) is 6.62. The van der Waals surface area contributed by atoms with E-state index in [-0.39, 0.29) is 0 Å². The van der Waals surface area contributed by atoms with E-state index in [0.29, 0.717) is 5.56 Å². The molecule has 0 heterocycles. The topological polar surface area (TPSA) is 20.2 Å². The van der Waals surface area contributed by atoms with Crippen molar-refractivity contribution in [1.82, 2.24) is 0 Å². The molecule has 1 rings (SSSR count). The van der Waals surface area contributed by atoms with Crippen LogP contribution in [0.3, 0.4) is 0 Å². The van der Waals surface area contributed by atoms with Crippen molar-refractivity contribution in [2.24, 2.45) is 0 Å². The number of rotatable bonds is 2. The van der Waals surface area contributed by atoms with E-state index >= 15 is 0 Å². The van der Waals surface area contributed by atoms with Crippen LogP contribution in [0.15, 0.2) is 18.2 Å². The van der Waals surface area contributed by atoms with Gasteiger partial charge in [-0.2, -0.15) is 0 Å². The van der Waals surface area contributed by atoms with Crippen molar-refractivity contribution in [3.8, 4) is 0 Å². The number of aliphatic hydroxyl groups is 1. The zero-order valence-corrected chi connectivity index (χ0v) is 10.1. The van der Waals surface area contributed by atoms with Crippen LogP contribution >= 0.6 is 0 Å². The van der Waals surface area contributed by atoms with E-state index in [0.717, 1.165) is 11.1 Å². The molecule has 15 heavy (non-hydrogen) atoms. The van der Waals surface area contributed by atoms with Crippen LogP contribution in [-0.2, 0) is 11.3 Å². The van der Waals surface area contributed by atoms with E-state index in [9.17, 15) is 9.50 Å². The highest BCUT2D eigenvalue weighted by Crippen LogP contribution is 2.30. The number of hydrogen-bond donors (Lipinski definition) is 1. The van der Waals surface area contributed by atoms with Crippen LogP contribution in [0.1, 0.15) is 44.4 Å². The summed E-state index contributed by atoms with van der Waals surface area (Å²) in [6.45, 7) is 8.38. The summed E-state index contributed by atoms with van der Waals surface area (Å²) in [6, 6.07) is 5.36. The van der Waals surface area contributed by atoms with Gasteiger partial charge in [-0.3, -0.25) is 0 Å². The largest absolute Gasteiger partial charge is 0.386 e. The van der Waals surface area contributed by atoms with Crippen molar-refractivity contribution in [3.63, 3.8) is 0 Å². The summed E-state index contributed by atoms with van der Waals surface area (Å²) in [5.41, 5.74) is 0.0745. The predicted octanol–water partition coefficient (Wildman–Crippen LogP) is 3.43. The molecular weight excluding hydrogens is 191 g/mol. The molecule has 0 radical (unpaired) electrons. The zero-order valence-electron chi connectivity index (χ0n) is 10.1. The van der Waals surface area contributed by atoms with Crippen LogP contribution in [0, 0.1) is 6.92 Å². The third kappa shape index (κ3) is 2.78. The van der Waals surface area contributed by atoms with E-state index in [1.54, 1.807) is 26.0 Å². The highest BCUT2D eigenvalue weighted by molar-refractivity contribution is 5.36. The molecule has 0 bridgehead atoms. The van der Waals surface area contributed by atoms with Gasteiger partial charge in [0.1, 0.15) is 5.67 Å². The molecular formula is C13H19FO. The third-order valence-corrected chi connectivity index (χ3v) is 2.58. The summed E-state index contributed by atoms with van der Waals surface area (Å²) in [4.78, 5) is 0. The number of halogens is 1. The van der Waals surface area contributed by atoms with Crippen LogP contribution in [0.2, 0.25) is 0 Å². The van der Waals surface area contributed by atoms with Gasteiger partial charge in [-0.1, -0.05) is 12.1 Å². The molecule has 1 nitrogen and oxygen atoms in total. The van der Waals surface area contributed by atoms with Crippen LogP contribution in [-0.4, -0.2) is 5.11 Å². The average molecular weight is 210 g/mol. The van der Waals surface area contributed by atoms with E-state index in [1.165, 1.54) is 13.8 Å². The SMILES string of the molecule is Cc1ccc(C(C)(C)F)cc1C(C)(C)O. The standard InChI is InChI=1S/C13H19FO/c1-9-6-7-10(12(2,3)14)8-11(9)13(4,5)15/h6-8,15H,1-5H3. The van der Waals surface area contributed by atoms with E-state index in [4.69, 9.17) is 0 Å². The minimum absolute atomic E-state index is 0.602. The molecule has 0 unspecified atom stereocenters. The maximum Gasteiger partial charge on any atom is 0.130 e. The molecule has 0 aromatic heterocycles. The summed E-state index contributed by atoms with van der Waals surface area (Å²) < 4.78 is 13.7. The molecule has 0 aliphatic heterocycles. The maximum atomic E-state index is 13.7. The van der Waals surface area contributed by atoms with Gasteiger partial charge in [0.2, 0.25) is 0 Å². The lowest BCUT2D eigenvalue weighted by Crippen LogP contribution is -2.19. The van der Waals surface area contributed by atoms with Gasteiger partial charge >= 0.3 is 0 Å². The highest BCUT2D eigenvalue weighted by Gasteiger charge is 2.24. The van der Waals surface area contributed by atoms with Crippen molar-refractivity contribution in [1.29, 1.82) is 0 Å². The number of hydrogen-bond acceptors (Lipinski definition) is 1. The van der Waals surface area contributed by atoms with Crippen molar-refractivity contribution in [2.75, 3.05) is 0 Å². The second kappa shape index (κ2) is 3.60. The van der Waals surface area contributed by atoms with Crippen molar-refractivity contribution >= 4 is 0 Å². The van der Waals surface area contributed by atoms with Gasteiger partial charge in [-0.05, 0) is 57.4 Å². The molecule has 0 aliphatic carbocycles. The Labute approximate surface area is 90.9 Å². The maximum absolute atomic E-state index is 13.7. The molecule has 0 aliphatic rings. The minimum Gasteiger partial charge on any atom is -0.386 e. The van der Waals surface area contributed by atoms with Crippen LogP contribution in [0.4, 0.5) is 4.39 Å². The molecule has 84 valence electrons. The number of alkyl halides is 1. The van der Waals surface area contributed by atoms with Gasteiger partial charge in [0.15, 0.2) is 0 Å². The fourth-order valence-corrected chi connectivity index (χ4v) is 1.65. The zero-order chi connectivity index (χ0) is 11.9. The Morgan fingerprint density at radius 1 is 1.13 bits per heavy atom. The van der Waals surface area contributed by atoms with E-state index < -0.39 is 11.3 Å². The van der Waals surface area contributed by atoms with E-state index in [2.05, 4.69) is 0 Å². The highest BCUT2D eigenvalue weighted by atomic mass is 19.1. The summed E-state index contributed by atoms with van der Waals surface area (Å²) in [5, 5.41) is 9.94. The Hall–Kier alpha value is -0.890. The third-order valence-electron chi connectivity index (χ3n) is 2.58. The van der Waals surface area contributed by atoms with Crippen molar-refractivity contribution in [3.05, 3.63) is 34.9 Å². The molecule has 2 heteroatoms. The molecule has 0 spiro atoms. The van der Waals surface area contributed by atoms with Gasteiger partial charge in [-0.15, -0.1) is 0 Å². The van der Waals surface area contributed by atoms with Crippen molar-refractivity contribution in [2.45, 2.75) is 45.9 Å². The molecule has 1 aromatic rings. The summed E-state index contributed by atoms with van der Waals surface area (Å²) >= 11 is 0. The first-order valence-corrected chi connectivity index (χ1v) is 5.15. The molecule has 0 saturated heterocycles. The van der Waals surface area contributed by atoms with Gasteiger partial charge in [0.05, 0.1) is 5.60 Å². The Morgan fingerprint density at radius 3 is 2.07 bits per heavy atom. The molecule has 0 atom stereocenters. The average Bonchev–Trinajstić information content (AvgIpc) is 2.00. The van der Waals surface area contributed by atoms with E-state index in [1.807, 2.05) is 13.0 Å². The smallest absolute Gasteiger partial charge is 0.130 e. The van der Waals surface area contributed by atoms with Crippen LogP contribution in [0.25, 0.3) is 0 Å². The Morgan fingerprint density at radius 2 is 1.67 bits per heavy atom. The second-order valence-electron chi connectivity index (χ2n) is 5.06. The monoisotopic (exact) mass is 210 g/mol. The number of aryl methyl sites for hydroxylation is 1. The van der Waals surface area contributed by atoms with Crippen LogP contribution < -0.4 is 0 Å². The van der Waals surface area contributed by atoms with Gasteiger partial charge in [0.25, 0.3) is 0 Å².